The summed E-state index contributed by atoms with van der Waals surface area (Å²) in [6.45, 7) is 0. The van der Waals surface area contributed by atoms with Crippen LogP contribution in [0.2, 0.25) is 0 Å². The van der Waals surface area contributed by atoms with Gasteiger partial charge < -0.3 is 0 Å². The maximum absolute atomic E-state index is 5.25. The Morgan fingerprint density at radius 2 is 0.700 bits per heavy atom. The van der Waals surface area contributed by atoms with E-state index in [1.807, 2.05) is 6.07 Å². The first-order valence-corrected chi connectivity index (χ1v) is 17.1. The van der Waals surface area contributed by atoms with Crippen molar-refractivity contribution in [3.05, 3.63) is 200 Å². The lowest BCUT2D eigenvalue weighted by Gasteiger charge is -2.19. The summed E-state index contributed by atoms with van der Waals surface area (Å²) in [7, 11) is 0. The minimum atomic E-state index is 0.966. The Morgan fingerprint density at radius 1 is 0.260 bits per heavy atom. The van der Waals surface area contributed by atoms with E-state index >= 15 is 0 Å². The third-order valence-corrected chi connectivity index (χ3v) is 9.69. The number of benzene rings is 8. The molecule has 1 heterocycles. The molecule has 0 atom stereocenters. The van der Waals surface area contributed by atoms with Gasteiger partial charge >= 0.3 is 0 Å². The van der Waals surface area contributed by atoms with Gasteiger partial charge in [-0.25, -0.2) is 4.98 Å². The lowest BCUT2D eigenvalue weighted by atomic mass is 9.85. The van der Waals surface area contributed by atoms with Crippen molar-refractivity contribution in [2.75, 3.05) is 0 Å². The number of aromatic nitrogens is 1. The first kappa shape index (κ1) is 29.6. The average Bonchev–Trinajstić information content (AvgIpc) is 3.21. The first-order chi connectivity index (χ1) is 24.8. The van der Waals surface area contributed by atoms with E-state index in [0.717, 1.165) is 33.6 Å². The normalized spacial score (nSPS) is 11.2. The van der Waals surface area contributed by atoms with Crippen LogP contribution in [-0.2, 0) is 0 Å². The number of rotatable bonds is 6. The second-order valence-electron chi connectivity index (χ2n) is 12.7. The molecule has 0 aliphatic heterocycles. The Bertz CT molecular complexity index is 2590. The monoisotopic (exact) mass is 635 g/mol. The van der Waals surface area contributed by atoms with Gasteiger partial charge in [-0.05, 0) is 72.6 Å². The van der Waals surface area contributed by atoms with Crippen molar-refractivity contribution >= 4 is 21.5 Å². The molecule has 50 heavy (non-hydrogen) atoms. The molecule has 9 rings (SSSR count). The third-order valence-electron chi connectivity index (χ3n) is 9.69. The van der Waals surface area contributed by atoms with E-state index < -0.39 is 0 Å². The SMILES string of the molecule is c1ccc(-c2ccc(-c3ccccc3)c(-c3ccc(-c4ccc5c(-c6ccccc6)c6ccccc6c(-c6ccccc6)c5c4)cc3)n2)cc1. The Kier molecular flexibility index (Phi) is 7.57. The summed E-state index contributed by atoms with van der Waals surface area (Å²) in [6.07, 6.45) is 0. The van der Waals surface area contributed by atoms with Gasteiger partial charge in [-0.3, -0.25) is 0 Å². The molecule has 0 radical (unpaired) electrons. The van der Waals surface area contributed by atoms with Crippen LogP contribution in [0.1, 0.15) is 0 Å². The molecule has 1 heteroatoms. The molecule has 0 fully saturated rings. The average molecular weight is 636 g/mol. The fourth-order valence-corrected chi connectivity index (χ4v) is 7.31. The zero-order valence-electron chi connectivity index (χ0n) is 27.5. The molecule has 0 N–H and O–H groups in total. The van der Waals surface area contributed by atoms with Crippen LogP contribution in [0.3, 0.4) is 0 Å². The molecular weight excluding hydrogens is 603 g/mol. The lowest BCUT2D eigenvalue weighted by molar-refractivity contribution is 1.32. The number of fused-ring (bicyclic) bond motifs is 2. The van der Waals surface area contributed by atoms with E-state index in [9.17, 15) is 0 Å². The van der Waals surface area contributed by atoms with E-state index in [2.05, 4.69) is 194 Å². The maximum atomic E-state index is 5.25. The van der Waals surface area contributed by atoms with Crippen LogP contribution in [0.25, 0.3) is 88.6 Å². The molecule has 0 bridgehead atoms. The van der Waals surface area contributed by atoms with Gasteiger partial charge in [-0.2, -0.15) is 0 Å². The van der Waals surface area contributed by atoms with Crippen molar-refractivity contribution in [1.82, 2.24) is 4.98 Å². The molecule has 1 aromatic heterocycles. The number of pyridine rings is 1. The van der Waals surface area contributed by atoms with E-state index in [1.165, 1.54) is 54.9 Å². The second kappa shape index (κ2) is 12.8. The summed E-state index contributed by atoms with van der Waals surface area (Å²) in [4.78, 5) is 5.25. The van der Waals surface area contributed by atoms with Crippen molar-refractivity contribution in [2.45, 2.75) is 0 Å². The van der Waals surface area contributed by atoms with Gasteiger partial charge in [0.15, 0.2) is 0 Å². The highest BCUT2D eigenvalue weighted by Gasteiger charge is 2.18. The van der Waals surface area contributed by atoms with Crippen LogP contribution >= 0.6 is 0 Å². The van der Waals surface area contributed by atoms with Crippen LogP contribution in [0.15, 0.2) is 200 Å². The predicted octanol–water partition coefficient (Wildman–Crippen LogP) is 13.4. The highest BCUT2D eigenvalue weighted by molar-refractivity contribution is 6.22. The van der Waals surface area contributed by atoms with Crippen LogP contribution in [0.5, 0.6) is 0 Å². The summed E-state index contributed by atoms with van der Waals surface area (Å²) < 4.78 is 0. The molecule has 0 aliphatic carbocycles. The maximum Gasteiger partial charge on any atom is 0.0787 e. The zero-order chi connectivity index (χ0) is 33.3. The molecule has 0 spiro atoms. The molecular formula is C49H33N. The molecule has 0 saturated heterocycles. The van der Waals surface area contributed by atoms with Gasteiger partial charge in [0.05, 0.1) is 11.4 Å². The van der Waals surface area contributed by atoms with E-state index in [0.29, 0.717) is 0 Å². The van der Waals surface area contributed by atoms with E-state index in [1.54, 1.807) is 0 Å². The Hall–Kier alpha value is -6.57. The smallest absolute Gasteiger partial charge is 0.0787 e. The third kappa shape index (κ3) is 5.36. The van der Waals surface area contributed by atoms with Gasteiger partial charge in [0.1, 0.15) is 0 Å². The number of hydrogen-bond acceptors (Lipinski definition) is 1. The topological polar surface area (TPSA) is 12.9 Å². The second-order valence-corrected chi connectivity index (χ2v) is 12.7. The van der Waals surface area contributed by atoms with Gasteiger partial charge in [-0.15, -0.1) is 0 Å². The minimum absolute atomic E-state index is 0.966. The Labute approximate surface area is 292 Å². The van der Waals surface area contributed by atoms with Gasteiger partial charge in [0.25, 0.3) is 0 Å². The van der Waals surface area contributed by atoms with E-state index in [-0.39, 0.29) is 0 Å². The predicted molar refractivity (Wildman–Crippen MR) is 212 cm³/mol. The summed E-state index contributed by atoms with van der Waals surface area (Å²) in [6, 6.07) is 71.6. The highest BCUT2D eigenvalue weighted by atomic mass is 14.7. The van der Waals surface area contributed by atoms with Crippen LogP contribution in [0, 0.1) is 0 Å². The van der Waals surface area contributed by atoms with Crippen molar-refractivity contribution < 1.29 is 0 Å². The fourth-order valence-electron chi connectivity index (χ4n) is 7.31. The quantitative estimate of drug-likeness (QED) is 0.166. The highest BCUT2D eigenvalue weighted by Crippen LogP contribution is 2.45. The van der Waals surface area contributed by atoms with Crippen molar-refractivity contribution in [3.63, 3.8) is 0 Å². The summed E-state index contributed by atoms with van der Waals surface area (Å²) in [5, 5.41) is 5.03. The van der Waals surface area contributed by atoms with E-state index in [4.69, 9.17) is 4.98 Å². The summed E-state index contributed by atoms with van der Waals surface area (Å²) in [5.41, 5.74) is 13.8. The van der Waals surface area contributed by atoms with Crippen LogP contribution in [0.4, 0.5) is 0 Å². The minimum Gasteiger partial charge on any atom is -0.247 e. The van der Waals surface area contributed by atoms with Crippen molar-refractivity contribution in [1.29, 1.82) is 0 Å². The standard InChI is InChI=1S/C49H33N/c1-5-15-35(16-6-1)41-31-32-46(36-17-7-2-8-18-36)50-49(41)39-27-25-34(26-28-39)40-29-30-44-45(33-40)48(38-21-11-4-12-22-38)43-24-14-13-23-42(43)47(44)37-19-9-3-10-20-37/h1-33H. The molecule has 0 aliphatic rings. The van der Waals surface area contributed by atoms with Gasteiger partial charge in [-0.1, -0.05) is 188 Å². The van der Waals surface area contributed by atoms with Crippen molar-refractivity contribution in [3.8, 4) is 67.0 Å². The largest absolute Gasteiger partial charge is 0.247 e. The molecule has 8 aromatic carbocycles. The number of hydrogen-bond donors (Lipinski definition) is 0. The zero-order valence-corrected chi connectivity index (χ0v) is 27.5. The fraction of sp³-hybridized carbons (Fsp3) is 0. The van der Waals surface area contributed by atoms with Gasteiger partial charge in [0.2, 0.25) is 0 Å². The molecule has 0 unspecified atom stereocenters. The number of nitrogens with zero attached hydrogens (tertiary/aromatic N) is 1. The molecule has 0 amide bonds. The van der Waals surface area contributed by atoms with Crippen LogP contribution < -0.4 is 0 Å². The summed E-state index contributed by atoms with van der Waals surface area (Å²) >= 11 is 0. The summed E-state index contributed by atoms with van der Waals surface area (Å²) in [5.74, 6) is 0. The van der Waals surface area contributed by atoms with Crippen LogP contribution in [-0.4, -0.2) is 4.98 Å². The lowest BCUT2D eigenvalue weighted by Crippen LogP contribution is -1.93. The Morgan fingerprint density at radius 3 is 1.28 bits per heavy atom. The molecule has 0 saturated carbocycles. The molecule has 1 nitrogen and oxygen atoms in total. The Balaban J connectivity index is 1.21. The first-order valence-electron chi connectivity index (χ1n) is 17.1. The van der Waals surface area contributed by atoms with Crippen molar-refractivity contribution in [2.24, 2.45) is 0 Å². The van der Waals surface area contributed by atoms with Gasteiger partial charge in [0, 0.05) is 16.7 Å². The molecule has 234 valence electrons. The molecule has 9 aromatic rings.